The Kier molecular flexibility index (Phi) is 3.57. The zero-order valence-corrected chi connectivity index (χ0v) is 12.6. The number of furan rings is 1. The number of ketones is 1. The fourth-order valence-corrected chi connectivity index (χ4v) is 2.47. The molecule has 2 aromatic heterocycles. The average molecular weight is 310 g/mol. The number of nitro benzene ring substituents is 1. The van der Waals surface area contributed by atoms with Gasteiger partial charge in [0.05, 0.1) is 16.2 Å². The van der Waals surface area contributed by atoms with Crippen molar-refractivity contribution in [2.24, 2.45) is 0 Å². The molecule has 3 rings (SSSR count). The normalized spacial score (nSPS) is 11.4. The largest absolute Gasteiger partial charge is 0.461 e. The Hall–Kier alpha value is -3.15. The van der Waals surface area contributed by atoms with Crippen LogP contribution >= 0.6 is 0 Å². The van der Waals surface area contributed by atoms with E-state index < -0.39 is 4.92 Å². The monoisotopic (exact) mass is 310 g/mol. The summed E-state index contributed by atoms with van der Waals surface area (Å²) >= 11 is 0. The third-order valence-electron chi connectivity index (χ3n) is 3.49. The van der Waals surface area contributed by atoms with Crippen LogP contribution in [0, 0.1) is 17.0 Å². The number of hydrogen-bond donors (Lipinski definition) is 1. The molecular weight excluding hydrogens is 296 g/mol. The smallest absolute Gasteiger partial charge is 0.270 e. The number of aryl methyl sites for hydroxylation is 1. The van der Waals surface area contributed by atoms with Gasteiger partial charge in [-0.05, 0) is 44.2 Å². The van der Waals surface area contributed by atoms with E-state index in [2.05, 4.69) is 4.98 Å². The zero-order valence-electron chi connectivity index (χ0n) is 12.6. The van der Waals surface area contributed by atoms with Crippen LogP contribution in [0.2, 0.25) is 0 Å². The van der Waals surface area contributed by atoms with E-state index in [-0.39, 0.29) is 11.5 Å². The van der Waals surface area contributed by atoms with Crippen molar-refractivity contribution in [3.05, 3.63) is 58.0 Å². The molecule has 1 aromatic carbocycles. The van der Waals surface area contributed by atoms with Crippen LogP contribution in [-0.4, -0.2) is 15.7 Å². The number of carbonyl (C=O) groups excluding carboxylic acids is 1. The summed E-state index contributed by atoms with van der Waals surface area (Å²) in [5.74, 6) is 1.25. The number of rotatable bonds is 4. The summed E-state index contributed by atoms with van der Waals surface area (Å²) in [6.07, 6.45) is 3.10. The van der Waals surface area contributed by atoms with Gasteiger partial charge in [-0.25, -0.2) is 0 Å². The van der Waals surface area contributed by atoms with Crippen molar-refractivity contribution in [2.45, 2.75) is 13.8 Å². The lowest BCUT2D eigenvalue weighted by atomic mass is 10.1. The van der Waals surface area contributed by atoms with E-state index >= 15 is 0 Å². The van der Waals surface area contributed by atoms with E-state index in [1.807, 2.05) is 19.1 Å². The van der Waals surface area contributed by atoms with E-state index in [9.17, 15) is 14.9 Å². The van der Waals surface area contributed by atoms with Gasteiger partial charge in [-0.3, -0.25) is 14.9 Å². The molecule has 116 valence electrons. The number of nitro groups is 1. The van der Waals surface area contributed by atoms with Crippen molar-refractivity contribution < 1.29 is 14.1 Å². The number of H-pyrrole nitrogens is 1. The fourth-order valence-electron chi connectivity index (χ4n) is 2.47. The average Bonchev–Trinajstić information content (AvgIpc) is 3.07. The summed E-state index contributed by atoms with van der Waals surface area (Å²) in [6, 6.07) is 8.22. The second kappa shape index (κ2) is 5.57. The van der Waals surface area contributed by atoms with Crippen molar-refractivity contribution >= 4 is 28.4 Å². The molecule has 6 heteroatoms. The highest BCUT2D eigenvalue weighted by Gasteiger charge is 2.17. The molecule has 0 aliphatic carbocycles. The molecule has 0 fully saturated rings. The summed E-state index contributed by atoms with van der Waals surface area (Å²) in [4.78, 5) is 25.0. The molecule has 0 unspecified atom stereocenters. The lowest BCUT2D eigenvalue weighted by Crippen LogP contribution is -1.86. The maximum Gasteiger partial charge on any atom is 0.270 e. The first-order valence-corrected chi connectivity index (χ1v) is 7.01. The molecule has 0 spiro atoms. The number of aromatic amines is 1. The van der Waals surface area contributed by atoms with E-state index in [0.29, 0.717) is 22.4 Å². The first kappa shape index (κ1) is 14.8. The van der Waals surface area contributed by atoms with Gasteiger partial charge in [0.15, 0.2) is 5.78 Å². The second-order valence-corrected chi connectivity index (χ2v) is 5.25. The number of benzene rings is 1. The SMILES string of the molecule is CC(=O)/C=C/c1[nH]c2ccc([N+](=O)[O-])cc2c1-c1ccc(C)o1. The molecule has 0 aliphatic rings. The molecule has 23 heavy (non-hydrogen) atoms. The van der Waals surface area contributed by atoms with Crippen LogP contribution in [0.4, 0.5) is 5.69 Å². The zero-order chi connectivity index (χ0) is 16.6. The number of non-ortho nitro benzene ring substituents is 1. The molecule has 0 saturated heterocycles. The minimum Gasteiger partial charge on any atom is -0.461 e. The summed E-state index contributed by atoms with van der Waals surface area (Å²) in [5, 5.41) is 11.7. The highest BCUT2D eigenvalue weighted by Crippen LogP contribution is 2.36. The van der Waals surface area contributed by atoms with E-state index in [1.165, 1.54) is 25.1 Å². The Morgan fingerprint density at radius 3 is 2.70 bits per heavy atom. The number of allylic oxidation sites excluding steroid dienone is 1. The predicted octanol–water partition coefficient (Wildman–Crippen LogP) is 4.25. The Bertz CT molecular complexity index is 947. The predicted molar refractivity (Wildman–Crippen MR) is 87.1 cm³/mol. The van der Waals surface area contributed by atoms with Crippen LogP contribution in [-0.2, 0) is 4.79 Å². The van der Waals surface area contributed by atoms with Crippen molar-refractivity contribution in [2.75, 3.05) is 0 Å². The van der Waals surface area contributed by atoms with Crippen LogP contribution in [0.15, 0.2) is 40.8 Å². The highest BCUT2D eigenvalue weighted by molar-refractivity contribution is 6.01. The molecule has 0 aliphatic heterocycles. The number of aromatic nitrogens is 1. The number of carbonyl (C=O) groups is 1. The van der Waals surface area contributed by atoms with E-state index in [4.69, 9.17) is 4.42 Å². The molecule has 0 amide bonds. The third kappa shape index (κ3) is 2.78. The Labute approximate surface area is 131 Å². The maximum absolute atomic E-state index is 11.2. The van der Waals surface area contributed by atoms with Crippen LogP contribution in [0.5, 0.6) is 0 Å². The number of hydrogen-bond acceptors (Lipinski definition) is 4. The number of fused-ring (bicyclic) bond motifs is 1. The van der Waals surface area contributed by atoms with Gasteiger partial charge in [0, 0.05) is 23.0 Å². The summed E-state index contributed by atoms with van der Waals surface area (Å²) in [7, 11) is 0. The minimum atomic E-state index is -0.436. The Morgan fingerprint density at radius 1 is 1.30 bits per heavy atom. The molecule has 6 nitrogen and oxygen atoms in total. The van der Waals surface area contributed by atoms with Gasteiger partial charge < -0.3 is 9.40 Å². The molecule has 1 N–H and O–H groups in total. The maximum atomic E-state index is 11.2. The molecular formula is C17H14N2O4. The van der Waals surface area contributed by atoms with Gasteiger partial charge >= 0.3 is 0 Å². The van der Waals surface area contributed by atoms with E-state index in [1.54, 1.807) is 12.1 Å². The van der Waals surface area contributed by atoms with Crippen molar-refractivity contribution in [1.29, 1.82) is 0 Å². The topological polar surface area (TPSA) is 89.1 Å². The van der Waals surface area contributed by atoms with Gasteiger partial charge in [-0.1, -0.05) is 0 Å². The van der Waals surface area contributed by atoms with Crippen molar-refractivity contribution in [1.82, 2.24) is 4.98 Å². The van der Waals surface area contributed by atoms with Crippen LogP contribution < -0.4 is 0 Å². The van der Waals surface area contributed by atoms with Gasteiger partial charge in [-0.2, -0.15) is 0 Å². The van der Waals surface area contributed by atoms with Crippen LogP contribution in [0.1, 0.15) is 18.4 Å². The summed E-state index contributed by atoms with van der Waals surface area (Å²) < 4.78 is 5.68. The minimum absolute atomic E-state index is 0.00289. The molecule has 2 heterocycles. The second-order valence-electron chi connectivity index (χ2n) is 5.25. The lowest BCUT2D eigenvalue weighted by Gasteiger charge is -1.98. The molecule has 0 bridgehead atoms. The van der Waals surface area contributed by atoms with Gasteiger partial charge in [0.25, 0.3) is 5.69 Å². The molecule has 3 aromatic rings. The molecule has 0 radical (unpaired) electrons. The molecule has 0 atom stereocenters. The van der Waals surface area contributed by atoms with E-state index in [0.717, 1.165) is 11.3 Å². The van der Waals surface area contributed by atoms with Crippen LogP contribution in [0.3, 0.4) is 0 Å². The summed E-state index contributed by atoms with van der Waals surface area (Å²) in [6.45, 7) is 3.28. The fraction of sp³-hybridized carbons (Fsp3) is 0.118. The number of nitrogens with one attached hydrogen (secondary N) is 1. The standard InChI is InChI=1S/C17H14N2O4/c1-10(20)3-6-15-17(16-8-4-11(2)23-16)13-9-12(19(21)22)5-7-14(13)18-15/h3-9,18H,1-2H3/b6-3+. The Balaban J connectivity index is 2.29. The Morgan fingerprint density at radius 2 is 2.09 bits per heavy atom. The van der Waals surface area contributed by atoms with Crippen molar-refractivity contribution in [3.8, 4) is 11.3 Å². The molecule has 0 saturated carbocycles. The highest BCUT2D eigenvalue weighted by atomic mass is 16.6. The van der Waals surface area contributed by atoms with Gasteiger partial charge in [0.1, 0.15) is 11.5 Å². The van der Waals surface area contributed by atoms with Crippen LogP contribution in [0.25, 0.3) is 28.3 Å². The van der Waals surface area contributed by atoms with Crippen molar-refractivity contribution in [3.63, 3.8) is 0 Å². The first-order chi connectivity index (χ1) is 11.0. The van der Waals surface area contributed by atoms with Gasteiger partial charge in [0.2, 0.25) is 0 Å². The van der Waals surface area contributed by atoms with Gasteiger partial charge in [-0.15, -0.1) is 0 Å². The first-order valence-electron chi connectivity index (χ1n) is 7.01. The summed E-state index contributed by atoms with van der Waals surface area (Å²) in [5.41, 5.74) is 2.12. The third-order valence-corrected chi connectivity index (χ3v) is 3.49. The quantitative estimate of drug-likeness (QED) is 0.443. The number of nitrogens with zero attached hydrogens (tertiary/aromatic N) is 1. The lowest BCUT2D eigenvalue weighted by molar-refractivity contribution is -0.384.